The lowest BCUT2D eigenvalue weighted by Crippen LogP contribution is -2.35. The first-order chi connectivity index (χ1) is 16.6. The van der Waals surface area contributed by atoms with E-state index in [4.69, 9.17) is 16.3 Å². The fourth-order valence-corrected chi connectivity index (χ4v) is 6.49. The number of ether oxygens (including phenoxy) is 1. The molecule has 1 saturated heterocycles. The average Bonchev–Trinajstić information content (AvgIpc) is 2.86. The SMILES string of the molecule is CCCNS(=O)(=O)c1ccc(OCC(=O)NCc2ccc(S(=O)(=O)N3CCCCC3)cc2)c(Cl)c1. The van der Waals surface area contributed by atoms with Gasteiger partial charge in [0.2, 0.25) is 20.0 Å². The maximum absolute atomic E-state index is 12.7. The lowest BCUT2D eigenvalue weighted by Gasteiger charge is -2.25. The number of nitrogens with zero attached hydrogens (tertiary/aromatic N) is 1. The largest absolute Gasteiger partial charge is 0.482 e. The van der Waals surface area contributed by atoms with Crippen molar-refractivity contribution >= 4 is 37.6 Å². The van der Waals surface area contributed by atoms with Crippen LogP contribution in [-0.4, -0.2) is 53.3 Å². The van der Waals surface area contributed by atoms with Crippen molar-refractivity contribution in [3.63, 3.8) is 0 Å². The highest BCUT2D eigenvalue weighted by atomic mass is 35.5. The summed E-state index contributed by atoms with van der Waals surface area (Å²) in [5.74, 6) is -0.226. The molecular formula is C23H30ClN3O6S2. The van der Waals surface area contributed by atoms with E-state index in [1.165, 1.54) is 22.5 Å². The number of carbonyl (C=O) groups excluding carboxylic acids is 1. The molecule has 0 saturated carbocycles. The molecule has 192 valence electrons. The van der Waals surface area contributed by atoms with Crippen LogP contribution in [0.15, 0.2) is 52.3 Å². The van der Waals surface area contributed by atoms with Gasteiger partial charge in [0.15, 0.2) is 6.61 Å². The molecule has 1 fully saturated rings. The molecule has 0 aromatic heterocycles. The summed E-state index contributed by atoms with van der Waals surface area (Å²) in [5.41, 5.74) is 0.739. The van der Waals surface area contributed by atoms with E-state index >= 15 is 0 Å². The molecule has 0 bridgehead atoms. The molecule has 2 aromatic carbocycles. The molecule has 3 rings (SSSR count). The summed E-state index contributed by atoms with van der Waals surface area (Å²) in [6, 6.07) is 10.5. The number of benzene rings is 2. The molecule has 1 amide bonds. The Hall–Kier alpha value is -2.18. The van der Waals surface area contributed by atoms with Crippen LogP contribution >= 0.6 is 11.6 Å². The first kappa shape index (κ1) is 27.4. The number of hydrogen-bond acceptors (Lipinski definition) is 6. The van der Waals surface area contributed by atoms with Crippen molar-refractivity contribution in [2.24, 2.45) is 0 Å². The maximum Gasteiger partial charge on any atom is 0.258 e. The van der Waals surface area contributed by atoms with Crippen LogP contribution < -0.4 is 14.8 Å². The van der Waals surface area contributed by atoms with Gasteiger partial charge in [-0.25, -0.2) is 21.6 Å². The van der Waals surface area contributed by atoms with Crippen molar-refractivity contribution in [3.8, 4) is 5.75 Å². The van der Waals surface area contributed by atoms with Gasteiger partial charge in [-0.3, -0.25) is 4.79 Å². The summed E-state index contributed by atoms with van der Waals surface area (Å²) < 4.78 is 59.2. The zero-order valence-electron chi connectivity index (χ0n) is 19.5. The standard InChI is InChI=1S/C23H30ClN3O6S2/c1-2-12-26-34(29,30)20-10-11-22(21(24)15-20)33-17-23(28)25-16-18-6-8-19(9-7-18)35(31,32)27-13-4-3-5-14-27/h6-11,15,26H,2-5,12-14,16-17H2,1H3,(H,25,28). The van der Waals surface area contributed by atoms with Crippen molar-refractivity contribution in [3.05, 3.63) is 53.1 Å². The topological polar surface area (TPSA) is 122 Å². The lowest BCUT2D eigenvalue weighted by molar-refractivity contribution is -0.123. The Bertz CT molecular complexity index is 1230. The summed E-state index contributed by atoms with van der Waals surface area (Å²) in [4.78, 5) is 12.4. The second-order valence-corrected chi connectivity index (χ2v) is 12.3. The van der Waals surface area contributed by atoms with Crippen LogP contribution in [0.5, 0.6) is 5.75 Å². The summed E-state index contributed by atoms with van der Waals surface area (Å²) in [6.45, 7) is 3.13. The molecule has 0 aliphatic carbocycles. The van der Waals surface area contributed by atoms with Gasteiger partial charge in [-0.1, -0.05) is 37.1 Å². The second-order valence-electron chi connectivity index (χ2n) is 8.16. The fourth-order valence-electron chi connectivity index (χ4n) is 3.51. The molecule has 0 unspecified atom stereocenters. The Labute approximate surface area is 211 Å². The Morgan fingerprint density at radius 3 is 2.29 bits per heavy atom. The normalized spacial score (nSPS) is 15.0. The first-order valence-electron chi connectivity index (χ1n) is 11.4. The van der Waals surface area contributed by atoms with Crippen molar-refractivity contribution < 1.29 is 26.4 Å². The van der Waals surface area contributed by atoms with E-state index in [1.54, 1.807) is 24.3 Å². The van der Waals surface area contributed by atoms with Crippen molar-refractivity contribution in [1.82, 2.24) is 14.3 Å². The van der Waals surface area contributed by atoms with Gasteiger partial charge >= 0.3 is 0 Å². The Morgan fingerprint density at radius 2 is 1.66 bits per heavy atom. The fraction of sp³-hybridized carbons (Fsp3) is 0.435. The Balaban J connectivity index is 1.51. The smallest absolute Gasteiger partial charge is 0.258 e. The van der Waals surface area contributed by atoms with E-state index in [-0.39, 0.29) is 33.7 Å². The molecule has 0 atom stereocenters. The van der Waals surface area contributed by atoms with Crippen LogP contribution in [0.3, 0.4) is 0 Å². The van der Waals surface area contributed by atoms with E-state index in [2.05, 4.69) is 10.0 Å². The highest BCUT2D eigenvalue weighted by Gasteiger charge is 2.25. The van der Waals surface area contributed by atoms with E-state index < -0.39 is 26.0 Å². The van der Waals surface area contributed by atoms with Gasteiger partial charge in [-0.05, 0) is 55.2 Å². The minimum absolute atomic E-state index is 0.0125. The van der Waals surface area contributed by atoms with Crippen LogP contribution in [0.25, 0.3) is 0 Å². The quantitative estimate of drug-likeness (QED) is 0.449. The molecule has 9 nitrogen and oxygen atoms in total. The van der Waals surface area contributed by atoms with Crippen molar-refractivity contribution in [1.29, 1.82) is 0 Å². The third kappa shape index (κ3) is 7.40. The number of sulfonamides is 2. The lowest BCUT2D eigenvalue weighted by atomic mass is 10.2. The van der Waals surface area contributed by atoms with Gasteiger partial charge in [0.05, 0.1) is 14.8 Å². The zero-order valence-corrected chi connectivity index (χ0v) is 21.9. The highest BCUT2D eigenvalue weighted by Crippen LogP contribution is 2.27. The van der Waals surface area contributed by atoms with Gasteiger partial charge in [0, 0.05) is 26.2 Å². The first-order valence-corrected chi connectivity index (χ1v) is 14.7. The predicted molar refractivity (Wildman–Crippen MR) is 133 cm³/mol. The minimum Gasteiger partial charge on any atom is -0.482 e. The van der Waals surface area contributed by atoms with Crippen LogP contribution in [0, 0.1) is 0 Å². The second kappa shape index (κ2) is 12.2. The van der Waals surface area contributed by atoms with Crippen molar-refractivity contribution in [2.45, 2.75) is 48.9 Å². The predicted octanol–water partition coefficient (Wildman–Crippen LogP) is 2.90. The number of amides is 1. The van der Waals surface area contributed by atoms with Crippen LogP contribution in [0.1, 0.15) is 38.2 Å². The number of halogens is 1. The van der Waals surface area contributed by atoms with Crippen LogP contribution in [-0.2, 0) is 31.4 Å². The van der Waals surface area contributed by atoms with E-state index in [0.717, 1.165) is 24.8 Å². The maximum atomic E-state index is 12.7. The molecule has 2 N–H and O–H groups in total. The van der Waals surface area contributed by atoms with Crippen LogP contribution in [0.4, 0.5) is 0 Å². The highest BCUT2D eigenvalue weighted by molar-refractivity contribution is 7.89. The van der Waals surface area contributed by atoms with Gasteiger partial charge in [-0.15, -0.1) is 0 Å². The van der Waals surface area contributed by atoms with Gasteiger partial charge in [0.1, 0.15) is 5.75 Å². The van der Waals surface area contributed by atoms with Gasteiger partial charge in [0.25, 0.3) is 5.91 Å². The minimum atomic E-state index is -3.66. The number of hydrogen-bond donors (Lipinski definition) is 2. The van der Waals surface area contributed by atoms with Crippen molar-refractivity contribution in [2.75, 3.05) is 26.2 Å². The monoisotopic (exact) mass is 543 g/mol. The Morgan fingerprint density at radius 1 is 1.00 bits per heavy atom. The summed E-state index contributed by atoms with van der Waals surface area (Å²) in [5, 5.41) is 2.77. The van der Waals surface area contributed by atoms with Gasteiger partial charge in [-0.2, -0.15) is 4.31 Å². The third-order valence-electron chi connectivity index (χ3n) is 5.48. The summed E-state index contributed by atoms with van der Waals surface area (Å²) in [7, 11) is -7.16. The zero-order chi connectivity index (χ0) is 25.5. The number of rotatable bonds is 11. The molecule has 2 aromatic rings. The Kier molecular flexibility index (Phi) is 9.54. The van der Waals surface area contributed by atoms with E-state index in [0.29, 0.717) is 26.1 Å². The molecule has 0 radical (unpaired) electrons. The molecular weight excluding hydrogens is 514 g/mol. The molecule has 12 heteroatoms. The molecule has 0 spiro atoms. The third-order valence-corrected chi connectivity index (χ3v) is 9.15. The van der Waals surface area contributed by atoms with E-state index in [9.17, 15) is 21.6 Å². The molecule has 35 heavy (non-hydrogen) atoms. The number of carbonyl (C=O) groups is 1. The van der Waals surface area contributed by atoms with Crippen LogP contribution in [0.2, 0.25) is 5.02 Å². The number of piperidine rings is 1. The summed E-state index contributed by atoms with van der Waals surface area (Å²) in [6.07, 6.45) is 3.45. The molecule has 1 heterocycles. The van der Waals surface area contributed by atoms with E-state index in [1.807, 2.05) is 6.92 Å². The molecule has 1 aliphatic heterocycles. The summed E-state index contributed by atoms with van der Waals surface area (Å²) >= 11 is 6.13. The average molecular weight is 544 g/mol. The molecule has 1 aliphatic rings. The van der Waals surface area contributed by atoms with Gasteiger partial charge < -0.3 is 10.1 Å². The number of nitrogens with one attached hydrogen (secondary N) is 2.